The van der Waals surface area contributed by atoms with Crippen molar-refractivity contribution in [2.24, 2.45) is 0 Å². The molecule has 5 heteroatoms. The maximum absolute atomic E-state index is 13.5. The standard InChI is InChI=1S/C35H37NO4/c1-19-12-13-20(2)28-27(19)32(38)29(33(28)39)25-15-14-22-10-9-11-26(30(22)36-25)40-18-21-16-23(34(3,4)5)31(37)24(17-21)35(6,7)8/h9-17,29,37H,18H2,1-8H3. The summed E-state index contributed by atoms with van der Waals surface area (Å²) in [6.45, 7) is 16.5. The summed E-state index contributed by atoms with van der Waals surface area (Å²) in [6.07, 6.45) is 0. The quantitative estimate of drug-likeness (QED) is 0.269. The zero-order chi connectivity index (χ0) is 29.1. The van der Waals surface area contributed by atoms with Crippen LogP contribution in [0.2, 0.25) is 0 Å². The van der Waals surface area contributed by atoms with Crippen LogP contribution in [0.4, 0.5) is 0 Å². The molecule has 206 valence electrons. The lowest BCUT2D eigenvalue weighted by atomic mass is 9.78. The van der Waals surface area contributed by atoms with Gasteiger partial charge in [-0.1, -0.05) is 71.9 Å². The maximum atomic E-state index is 13.5. The van der Waals surface area contributed by atoms with Crippen molar-refractivity contribution in [1.82, 2.24) is 4.98 Å². The van der Waals surface area contributed by atoms with E-state index in [4.69, 9.17) is 9.72 Å². The van der Waals surface area contributed by atoms with Crippen LogP contribution in [0.25, 0.3) is 10.9 Å². The fourth-order valence-electron chi connectivity index (χ4n) is 5.62. The first-order valence-electron chi connectivity index (χ1n) is 13.8. The van der Waals surface area contributed by atoms with Crippen LogP contribution in [0.3, 0.4) is 0 Å². The van der Waals surface area contributed by atoms with Crippen molar-refractivity contribution in [2.45, 2.75) is 78.7 Å². The molecule has 1 aliphatic carbocycles. The third-order valence-corrected chi connectivity index (χ3v) is 7.82. The first kappa shape index (κ1) is 27.6. The van der Waals surface area contributed by atoms with Gasteiger partial charge in [0.05, 0.1) is 5.69 Å². The van der Waals surface area contributed by atoms with Gasteiger partial charge in [0.2, 0.25) is 0 Å². The number of hydrogen-bond donors (Lipinski definition) is 1. The Hall–Kier alpha value is -3.99. The molecule has 0 unspecified atom stereocenters. The number of benzene rings is 3. The van der Waals surface area contributed by atoms with Crippen molar-refractivity contribution in [1.29, 1.82) is 0 Å². The number of hydrogen-bond acceptors (Lipinski definition) is 5. The van der Waals surface area contributed by atoms with Gasteiger partial charge in [0.1, 0.15) is 29.5 Å². The van der Waals surface area contributed by atoms with Crippen LogP contribution >= 0.6 is 0 Å². The minimum Gasteiger partial charge on any atom is -0.507 e. The second kappa shape index (κ2) is 9.58. The molecular formula is C35H37NO4. The summed E-state index contributed by atoms with van der Waals surface area (Å²) in [6, 6.07) is 17.2. The first-order chi connectivity index (χ1) is 18.7. The summed E-state index contributed by atoms with van der Waals surface area (Å²) >= 11 is 0. The number of nitrogens with zero attached hydrogens (tertiary/aromatic N) is 1. The lowest BCUT2D eigenvalue weighted by Crippen LogP contribution is -2.18. The largest absolute Gasteiger partial charge is 0.507 e. The average molecular weight is 536 g/mol. The fourth-order valence-corrected chi connectivity index (χ4v) is 5.62. The van der Waals surface area contributed by atoms with Crippen molar-refractivity contribution >= 4 is 22.5 Å². The van der Waals surface area contributed by atoms with Gasteiger partial charge in [-0.2, -0.15) is 0 Å². The van der Waals surface area contributed by atoms with Crippen LogP contribution in [0.5, 0.6) is 11.5 Å². The molecule has 5 nitrogen and oxygen atoms in total. The zero-order valence-electron chi connectivity index (χ0n) is 24.6. The molecule has 1 aliphatic rings. The highest BCUT2D eigenvalue weighted by molar-refractivity contribution is 6.30. The summed E-state index contributed by atoms with van der Waals surface area (Å²) in [5.74, 6) is -0.435. The molecule has 0 spiro atoms. The monoisotopic (exact) mass is 535 g/mol. The minimum absolute atomic E-state index is 0.194. The molecule has 1 N–H and O–H groups in total. The molecule has 1 heterocycles. The molecule has 3 aromatic carbocycles. The van der Waals surface area contributed by atoms with E-state index in [1.54, 1.807) is 6.07 Å². The lowest BCUT2D eigenvalue weighted by molar-refractivity contribution is 0.0888. The number of Topliss-reactive ketones (excluding diaryl/α,β-unsaturated/α-hetero) is 2. The highest BCUT2D eigenvalue weighted by Crippen LogP contribution is 2.41. The number of fused-ring (bicyclic) bond motifs is 2. The summed E-state index contributed by atoms with van der Waals surface area (Å²) < 4.78 is 6.34. The Morgan fingerprint density at radius 3 is 1.88 bits per heavy atom. The SMILES string of the molecule is Cc1ccc(C)c2c1C(=O)C(c1ccc3cccc(OCc4cc(C(C)(C)C)c(O)c(C(C)(C)C)c4)c3n1)C2=O. The Labute approximate surface area is 236 Å². The van der Waals surface area contributed by atoms with E-state index >= 15 is 0 Å². The van der Waals surface area contributed by atoms with Crippen LogP contribution < -0.4 is 4.74 Å². The number of ketones is 2. The number of pyridine rings is 1. The van der Waals surface area contributed by atoms with Gasteiger partial charge in [0, 0.05) is 16.5 Å². The third kappa shape index (κ3) is 4.68. The van der Waals surface area contributed by atoms with Crippen molar-refractivity contribution in [3.8, 4) is 11.5 Å². The molecule has 1 aromatic heterocycles. The predicted molar refractivity (Wildman–Crippen MR) is 159 cm³/mol. The van der Waals surface area contributed by atoms with Crippen LogP contribution in [-0.2, 0) is 17.4 Å². The van der Waals surface area contributed by atoms with Crippen molar-refractivity contribution in [3.63, 3.8) is 0 Å². The number of ether oxygens (including phenoxy) is 1. The number of aromatic nitrogens is 1. The van der Waals surface area contributed by atoms with Gasteiger partial charge in [0.25, 0.3) is 0 Å². The number of carbonyl (C=O) groups excluding carboxylic acids is 2. The number of rotatable bonds is 4. The lowest BCUT2D eigenvalue weighted by Gasteiger charge is -2.28. The maximum Gasteiger partial charge on any atom is 0.180 e. The molecule has 5 rings (SSSR count). The molecule has 0 bridgehead atoms. The number of para-hydroxylation sites is 1. The Kier molecular flexibility index (Phi) is 6.60. The summed E-state index contributed by atoms with van der Waals surface area (Å²) in [7, 11) is 0. The Bertz CT molecular complexity index is 1610. The van der Waals surface area contributed by atoms with Crippen LogP contribution in [0, 0.1) is 13.8 Å². The third-order valence-electron chi connectivity index (χ3n) is 7.82. The van der Waals surface area contributed by atoms with Crippen LogP contribution in [0.15, 0.2) is 54.6 Å². The van der Waals surface area contributed by atoms with E-state index < -0.39 is 5.92 Å². The summed E-state index contributed by atoms with van der Waals surface area (Å²) in [4.78, 5) is 31.7. The van der Waals surface area contributed by atoms with Crippen LogP contribution in [0.1, 0.15) is 102 Å². The molecule has 0 saturated heterocycles. The van der Waals surface area contributed by atoms with Gasteiger partial charge >= 0.3 is 0 Å². The van der Waals surface area contributed by atoms with Crippen molar-refractivity contribution in [2.75, 3.05) is 0 Å². The molecular weight excluding hydrogens is 498 g/mol. The zero-order valence-corrected chi connectivity index (χ0v) is 24.6. The normalized spacial score (nSPS) is 14.2. The van der Waals surface area contributed by atoms with E-state index in [1.807, 2.05) is 62.4 Å². The second-order valence-corrected chi connectivity index (χ2v) is 13.0. The van der Waals surface area contributed by atoms with Crippen molar-refractivity contribution < 1.29 is 19.4 Å². The highest BCUT2D eigenvalue weighted by Gasteiger charge is 2.42. The Morgan fingerprint density at radius 1 is 0.800 bits per heavy atom. The van der Waals surface area contributed by atoms with Gasteiger partial charge in [-0.25, -0.2) is 4.98 Å². The fraction of sp³-hybridized carbons (Fsp3) is 0.343. The summed E-state index contributed by atoms with van der Waals surface area (Å²) in [5.41, 5.74) is 5.89. The van der Waals surface area contributed by atoms with E-state index in [0.717, 1.165) is 33.2 Å². The van der Waals surface area contributed by atoms with E-state index in [2.05, 4.69) is 41.5 Å². The summed E-state index contributed by atoms with van der Waals surface area (Å²) in [5, 5.41) is 11.9. The molecule has 0 radical (unpaired) electrons. The molecule has 40 heavy (non-hydrogen) atoms. The second-order valence-electron chi connectivity index (χ2n) is 13.0. The van der Waals surface area contributed by atoms with Crippen LogP contribution in [-0.4, -0.2) is 21.7 Å². The smallest absolute Gasteiger partial charge is 0.180 e. The van der Waals surface area contributed by atoms with Gasteiger partial charge in [-0.05, 0) is 76.8 Å². The Balaban J connectivity index is 1.52. The molecule has 0 atom stereocenters. The van der Waals surface area contributed by atoms with E-state index in [0.29, 0.717) is 33.8 Å². The molecule has 0 saturated carbocycles. The topological polar surface area (TPSA) is 76.5 Å². The van der Waals surface area contributed by atoms with Gasteiger partial charge in [-0.3, -0.25) is 9.59 Å². The number of aryl methyl sites for hydroxylation is 2. The number of phenols is 1. The number of aromatic hydroxyl groups is 1. The van der Waals surface area contributed by atoms with E-state index in [-0.39, 0.29) is 29.0 Å². The first-order valence-corrected chi connectivity index (χ1v) is 13.8. The molecule has 0 fully saturated rings. The van der Waals surface area contributed by atoms with Gasteiger partial charge in [0.15, 0.2) is 11.6 Å². The molecule has 0 aliphatic heterocycles. The highest BCUT2D eigenvalue weighted by atomic mass is 16.5. The van der Waals surface area contributed by atoms with Gasteiger partial charge in [-0.15, -0.1) is 0 Å². The molecule has 4 aromatic rings. The van der Waals surface area contributed by atoms with Gasteiger partial charge < -0.3 is 9.84 Å². The predicted octanol–water partition coefficient (Wildman–Crippen LogP) is 7.89. The minimum atomic E-state index is -0.951. The number of phenolic OH excluding ortho intramolecular Hbond substituents is 1. The Morgan fingerprint density at radius 2 is 1.35 bits per heavy atom. The average Bonchev–Trinajstić information content (AvgIpc) is 3.14. The number of carbonyl (C=O) groups is 2. The van der Waals surface area contributed by atoms with E-state index in [1.165, 1.54) is 0 Å². The van der Waals surface area contributed by atoms with Crippen molar-refractivity contribution in [3.05, 3.63) is 99.2 Å². The molecule has 0 amide bonds. The van der Waals surface area contributed by atoms with E-state index in [9.17, 15) is 14.7 Å².